The Bertz CT molecular complexity index is 222. The average Bonchev–Trinajstić information content (AvgIpc) is 1.99. The first-order valence-electron chi connectivity index (χ1n) is 4.01. The molecule has 1 rings (SSSR count). The van der Waals surface area contributed by atoms with Gasteiger partial charge in [-0.1, -0.05) is 0 Å². The van der Waals surface area contributed by atoms with E-state index in [4.69, 9.17) is 4.74 Å². The monoisotopic (exact) mass is 187 g/mol. The maximum atomic E-state index is 11.0. The highest BCUT2D eigenvalue weighted by atomic mass is 16.5. The minimum absolute atomic E-state index is 0.160. The van der Waals surface area contributed by atoms with Crippen molar-refractivity contribution < 1.29 is 19.1 Å². The molecule has 1 heterocycles. The zero-order chi connectivity index (χ0) is 9.90. The van der Waals surface area contributed by atoms with E-state index < -0.39 is 5.54 Å². The van der Waals surface area contributed by atoms with Crippen molar-refractivity contribution in [2.45, 2.75) is 18.9 Å². The minimum Gasteiger partial charge on any atom is -0.469 e. The normalized spacial score (nSPS) is 18.6. The molecule has 1 fully saturated rings. The summed E-state index contributed by atoms with van der Waals surface area (Å²) in [6.45, 7) is 2.17. The van der Waals surface area contributed by atoms with Crippen molar-refractivity contribution in [1.29, 1.82) is 0 Å². The van der Waals surface area contributed by atoms with Crippen LogP contribution in [0.4, 0.5) is 0 Å². The second-order valence-corrected chi connectivity index (χ2v) is 3.21. The molecular weight excluding hydrogens is 174 g/mol. The molecule has 1 aliphatic heterocycles. The van der Waals surface area contributed by atoms with Crippen LogP contribution in [0.2, 0.25) is 0 Å². The Kier molecular flexibility index (Phi) is 2.87. The van der Waals surface area contributed by atoms with Crippen LogP contribution >= 0.6 is 0 Å². The van der Waals surface area contributed by atoms with Gasteiger partial charge in [0, 0.05) is 6.92 Å². The lowest BCUT2D eigenvalue weighted by Gasteiger charge is -2.40. The first-order chi connectivity index (χ1) is 6.08. The molecule has 0 saturated carbocycles. The molecule has 0 aromatic heterocycles. The number of esters is 1. The van der Waals surface area contributed by atoms with Gasteiger partial charge in [-0.05, 0) is 0 Å². The number of ether oxygens (including phenoxy) is 2. The lowest BCUT2D eigenvalue weighted by Crippen LogP contribution is -2.62. The molecule has 5 heteroatoms. The van der Waals surface area contributed by atoms with E-state index in [9.17, 15) is 9.59 Å². The van der Waals surface area contributed by atoms with E-state index in [2.05, 4.69) is 10.1 Å². The van der Waals surface area contributed by atoms with Gasteiger partial charge in [0.15, 0.2) is 0 Å². The van der Waals surface area contributed by atoms with E-state index in [1.165, 1.54) is 14.0 Å². The Balaban J connectivity index is 2.49. The van der Waals surface area contributed by atoms with Crippen LogP contribution in [0, 0.1) is 0 Å². The first-order valence-corrected chi connectivity index (χ1v) is 4.01. The molecule has 0 radical (unpaired) electrons. The lowest BCUT2D eigenvalue weighted by atomic mass is 9.93. The Labute approximate surface area is 76.4 Å². The molecule has 1 saturated heterocycles. The van der Waals surface area contributed by atoms with Gasteiger partial charge >= 0.3 is 5.97 Å². The van der Waals surface area contributed by atoms with E-state index in [1.807, 2.05) is 0 Å². The molecule has 0 bridgehead atoms. The Morgan fingerprint density at radius 1 is 1.54 bits per heavy atom. The maximum Gasteiger partial charge on any atom is 0.308 e. The third-order valence-electron chi connectivity index (χ3n) is 1.91. The van der Waals surface area contributed by atoms with Crippen LogP contribution in [0.3, 0.4) is 0 Å². The summed E-state index contributed by atoms with van der Waals surface area (Å²) in [4.78, 5) is 21.8. The van der Waals surface area contributed by atoms with Gasteiger partial charge in [0.1, 0.15) is 0 Å². The second kappa shape index (κ2) is 3.74. The highest BCUT2D eigenvalue weighted by Crippen LogP contribution is 2.21. The number of nitrogens with one attached hydrogen (secondary N) is 1. The molecule has 1 amide bonds. The van der Waals surface area contributed by atoms with Crippen LogP contribution in [-0.4, -0.2) is 37.7 Å². The summed E-state index contributed by atoms with van der Waals surface area (Å²) < 4.78 is 9.48. The summed E-state index contributed by atoms with van der Waals surface area (Å²) >= 11 is 0. The number of hydrogen-bond acceptors (Lipinski definition) is 4. The first kappa shape index (κ1) is 9.98. The Morgan fingerprint density at radius 3 is 2.46 bits per heavy atom. The van der Waals surface area contributed by atoms with Gasteiger partial charge in [0.2, 0.25) is 5.91 Å². The van der Waals surface area contributed by atoms with Crippen molar-refractivity contribution in [3.05, 3.63) is 0 Å². The van der Waals surface area contributed by atoms with Gasteiger partial charge in [-0.3, -0.25) is 9.59 Å². The molecule has 1 N–H and O–H groups in total. The van der Waals surface area contributed by atoms with Gasteiger partial charge in [-0.15, -0.1) is 0 Å². The van der Waals surface area contributed by atoms with Crippen LogP contribution in [0.1, 0.15) is 13.3 Å². The second-order valence-electron chi connectivity index (χ2n) is 3.21. The van der Waals surface area contributed by atoms with Gasteiger partial charge in [0.25, 0.3) is 0 Å². The number of carbonyl (C=O) groups is 2. The molecule has 0 spiro atoms. The van der Waals surface area contributed by atoms with Crippen molar-refractivity contribution in [2.75, 3.05) is 20.3 Å². The molecule has 5 nitrogen and oxygen atoms in total. The molecule has 74 valence electrons. The Hall–Kier alpha value is -1.10. The highest BCUT2D eigenvalue weighted by molar-refractivity contribution is 5.77. The van der Waals surface area contributed by atoms with E-state index in [0.29, 0.717) is 13.2 Å². The fourth-order valence-corrected chi connectivity index (χ4v) is 1.29. The van der Waals surface area contributed by atoms with Crippen molar-refractivity contribution >= 4 is 11.9 Å². The zero-order valence-corrected chi connectivity index (χ0v) is 7.75. The number of methoxy groups -OCH3 is 1. The SMILES string of the molecule is COC(=O)CC1(NC(C)=O)COC1. The summed E-state index contributed by atoms with van der Waals surface area (Å²) in [6, 6.07) is 0. The molecule has 1 aliphatic rings. The zero-order valence-electron chi connectivity index (χ0n) is 7.75. The third kappa shape index (κ3) is 2.42. The largest absolute Gasteiger partial charge is 0.469 e. The van der Waals surface area contributed by atoms with Crippen LogP contribution in [0.5, 0.6) is 0 Å². The van der Waals surface area contributed by atoms with Crippen LogP contribution < -0.4 is 5.32 Å². The predicted octanol–water partition coefficient (Wildman–Crippen LogP) is -0.545. The molecule has 0 unspecified atom stereocenters. The standard InChI is InChI=1S/C8H13NO4/c1-6(10)9-8(4-13-5-8)3-7(11)12-2/h3-5H2,1-2H3,(H,9,10). The van der Waals surface area contributed by atoms with E-state index in [0.717, 1.165) is 0 Å². The van der Waals surface area contributed by atoms with Crippen LogP contribution in [0.15, 0.2) is 0 Å². The molecule has 0 aliphatic carbocycles. The van der Waals surface area contributed by atoms with Crippen molar-refractivity contribution in [3.8, 4) is 0 Å². The smallest absolute Gasteiger partial charge is 0.308 e. The summed E-state index contributed by atoms with van der Waals surface area (Å²) in [6.07, 6.45) is 0.170. The van der Waals surface area contributed by atoms with Gasteiger partial charge < -0.3 is 14.8 Å². The van der Waals surface area contributed by atoms with Crippen molar-refractivity contribution in [1.82, 2.24) is 5.32 Å². The van der Waals surface area contributed by atoms with Crippen molar-refractivity contribution in [3.63, 3.8) is 0 Å². The van der Waals surface area contributed by atoms with Gasteiger partial charge in [-0.25, -0.2) is 0 Å². The van der Waals surface area contributed by atoms with Crippen molar-refractivity contribution in [2.24, 2.45) is 0 Å². The van der Waals surface area contributed by atoms with Crippen LogP contribution in [0.25, 0.3) is 0 Å². The molecule has 0 atom stereocenters. The summed E-state index contributed by atoms with van der Waals surface area (Å²) in [5.41, 5.74) is -0.529. The number of amides is 1. The van der Waals surface area contributed by atoms with Gasteiger partial charge in [-0.2, -0.15) is 0 Å². The number of carbonyl (C=O) groups excluding carboxylic acids is 2. The summed E-state index contributed by atoms with van der Waals surface area (Å²) in [5, 5.41) is 2.69. The molecule has 0 aromatic rings. The van der Waals surface area contributed by atoms with E-state index in [1.54, 1.807) is 0 Å². The number of rotatable bonds is 3. The minimum atomic E-state index is -0.529. The molecule has 0 aromatic carbocycles. The summed E-state index contributed by atoms with van der Waals surface area (Å²) in [7, 11) is 1.32. The number of hydrogen-bond donors (Lipinski definition) is 1. The maximum absolute atomic E-state index is 11.0. The Morgan fingerprint density at radius 2 is 2.15 bits per heavy atom. The van der Waals surface area contributed by atoms with E-state index in [-0.39, 0.29) is 18.3 Å². The molecule has 13 heavy (non-hydrogen) atoms. The highest BCUT2D eigenvalue weighted by Gasteiger charge is 2.41. The lowest BCUT2D eigenvalue weighted by molar-refractivity contribution is -0.152. The van der Waals surface area contributed by atoms with Gasteiger partial charge in [0.05, 0.1) is 32.3 Å². The third-order valence-corrected chi connectivity index (χ3v) is 1.91. The predicted molar refractivity (Wildman–Crippen MR) is 44.0 cm³/mol. The topological polar surface area (TPSA) is 64.6 Å². The average molecular weight is 187 g/mol. The fraction of sp³-hybridized carbons (Fsp3) is 0.750. The quantitative estimate of drug-likeness (QED) is 0.602. The fourth-order valence-electron chi connectivity index (χ4n) is 1.29. The van der Waals surface area contributed by atoms with Crippen LogP contribution in [-0.2, 0) is 19.1 Å². The molecular formula is C8H13NO4. The summed E-state index contributed by atoms with van der Waals surface area (Å²) in [5.74, 6) is -0.496. The van der Waals surface area contributed by atoms with E-state index >= 15 is 0 Å².